The van der Waals surface area contributed by atoms with Crippen molar-refractivity contribution in [3.8, 4) is 17.3 Å². The van der Waals surface area contributed by atoms with Gasteiger partial charge in [-0.25, -0.2) is 15.0 Å². The highest BCUT2D eigenvalue weighted by Gasteiger charge is 2.25. The van der Waals surface area contributed by atoms with E-state index in [4.69, 9.17) is 10.2 Å². The van der Waals surface area contributed by atoms with Crippen LogP contribution in [0.4, 0.5) is 17.5 Å². The van der Waals surface area contributed by atoms with Gasteiger partial charge in [-0.1, -0.05) is 0 Å². The highest BCUT2D eigenvalue weighted by molar-refractivity contribution is 5.85. The van der Waals surface area contributed by atoms with Crippen molar-refractivity contribution in [3.05, 3.63) is 59.9 Å². The summed E-state index contributed by atoms with van der Waals surface area (Å²) in [5.74, 6) is 2.77. The zero-order valence-corrected chi connectivity index (χ0v) is 18.4. The lowest BCUT2D eigenvalue weighted by Crippen LogP contribution is -2.38. The Morgan fingerprint density at radius 1 is 1.06 bits per heavy atom. The number of aliphatic hydroxyl groups excluding tert-OH is 1. The van der Waals surface area contributed by atoms with Crippen molar-refractivity contribution in [2.45, 2.75) is 37.7 Å². The molecule has 0 bridgehead atoms. The first kappa shape index (κ1) is 22.0. The van der Waals surface area contributed by atoms with Crippen LogP contribution in [-0.4, -0.2) is 39.3 Å². The smallest absolute Gasteiger partial charge is 0.132 e. The molecule has 164 valence electrons. The van der Waals surface area contributed by atoms with Gasteiger partial charge in [0.25, 0.3) is 0 Å². The van der Waals surface area contributed by atoms with E-state index in [1.807, 2.05) is 18.3 Å². The van der Waals surface area contributed by atoms with Gasteiger partial charge < -0.3 is 15.3 Å². The lowest BCUT2D eigenvalue weighted by atomic mass is 10.1. The fourth-order valence-electron chi connectivity index (χ4n) is 4.00. The Kier molecular flexibility index (Phi) is 6.54. The number of anilines is 3. The van der Waals surface area contributed by atoms with Crippen LogP contribution in [0.1, 0.15) is 42.7 Å². The Morgan fingerprint density at radius 2 is 1.94 bits per heavy atom. The van der Waals surface area contributed by atoms with Crippen molar-refractivity contribution >= 4 is 29.9 Å². The molecule has 32 heavy (non-hydrogen) atoms. The largest absolute Gasteiger partial charge is 0.391 e. The van der Waals surface area contributed by atoms with Crippen LogP contribution in [0.2, 0.25) is 0 Å². The van der Waals surface area contributed by atoms with Crippen molar-refractivity contribution in [1.29, 1.82) is 5.26 Å². The molecule has 7 nitrogen and oxygen atoms in total. The lowest BCUT2D eigenvalue weighted by molar-refractivity contribution is 0.154. The Balaban J connectivity index is 0.00000245. The zero-order chi connectivity index (χ0) is 21.2. The molecule has 1 atom stereocenters. The second-order valence-corrected chi connectivity index (χ2v) is 8.26. The molecule has 0 aromatic carbocycles. The molecule has 0 radical (unpaired) electrons. The minimum absolute atomic E-state index is 0. The van der Waals surface area contributed by atoms with E-state index in [1.165, 1.54) is 18.4 Å². The summed E-state index contributed by atoms with van der Waals surface area (Å²) < 4.78 is 0. The van der Waals surface area contributed by atoms with Gasteiger partial charge in [-0.3, -0.25) is 0 Å². The second kappa shape index (κ2) is 9.51. The molecule has 2 fully saturated rings. The van der Waals surface area contributed by atoms with Gasteiger partial charge in [0.05, 0.1) is 23.4 Å². The summed E-state index contributed by atoms with van der Waals surface area (Å²) in [6.45, 7) is 1.55. The summed E-state index contributed by atoms with van der Waals surface area (Å²) in [5.41, 5.74) is 3.62. The van der Waals surface area contributed by atoms with Crippen molar-refractivity contribution in [2.75, 3.05) is 23.3 Å². The summed E-state index contributed by atoms with van der Waals surface area (Å²) in [5, 5.41) is 22.3. The number of halogens is 1. The number of nitrogens with one attached hydrogen (secondary N) is 1. The molecule has 3 aromatic rings. The number of hydrogen-bond acceptors (Lipinski definition) is 7. The van der Waals surface area contributed by atoms with E-state index in [2.05, 4.69) is 38.4 Å². The van der Waals surface area contributed by atoms with Crippen molar-refractivity contribution in [3.63, 3.8) is 0 Å². The number of aromatic nitrogens is 3. The van der Waals surface area contributed by atoms with E-state index < -0.39 is 0 Å². The Morgan fingerprint density at radius 3 is 2.66 bits per heavy atom. The van der Waals surface area contributed by atoms with Gasteiger partial charge in [0.2, 0.25) is 0 Å². The van der Waals surface area contributed by atoms with E-state index in [0.717, 1.165) is 36.5 Å². The number of aliphatic hydroxyl groups is 1. The predicted octanol–water partition coefficient (Wildman–Crippen LogP) is 4.41. The van der Waals surface area contributed by atoms with Crippen LogP contribution in [0.15, 0.2) is 48.8 Å². The number of nitriles is 1. The molecule has 8 heteroatoms. The third-order valence-electron chi connectivity index (χ3n) is 5.81. The van der Waals surface area contributed by atoms with E-state index in [-0.39, 0.29) is 18.5 Å². The maximum Gasteiger partial charge on any atom is 0.132 e. The average molecular weight is 449 g/mol. The SMILES string of the molecule is Cl.N#Cc1ccnc(Nc2cc(C3CC3)cc(-c3ccc(N4CCC[C@@H](O)C4)nc3)n2)c1. The Hall–Kier alpha value is -3.21. The average Bonchev–Trinajstić information content (AvgIpc) is 3.65. The summed E-state index contributed by atoms with van der Waals surface area (Å²) in [7, 11) is 0. The summed E-state index contributed by atoms with van der Waals surface area (Å²) in [4.78, 5) is 15.9. The fraction of sp³-hybridized carbons (Fsp3) is 0.333. The number of β-amino-alcohol motifs (C(OH)–C–C–N with tert-alkyl or cyclic N) is 1. The number of pyridine rings is 3. The molecule has 2 N–H and O–H groups in total. The molecule has 0 unspecified atom stereocenters. The van der Waals surface area contributed by atoms with Crippen LogP contribution in [0.25, 0.3) is 11.3 Å². The van der Waals surface area contributed by atoms with E-state index in [0.29, 0.717) is 29.7 Å². The molecule has 1 saturated heterocycles. The van der Waals surface area contributed by atoms with Crippen LogP contribution >= 0.6 is 12.4 Å². The topological polar surface area (TPSA) is 98.0 Å². The summed E-state index contributed by atoms with van der Waals surface area (Å²) >= 11 is 0. The molecule has 1 aliphatic carbocycles. The number of piperidine rings is 1. The molecule has 3 aromatic heterocycles. The maximum absolute atomic E-state index is 9.94. The Bertz CT molecular complexity index is 1130. The fourth-order valence-corrected chi connectivity index (χ4v) is 4.00. The summed E-state index contributed by atoms with van der Waals surface area (Å²) in [6.07, 6.45) is 7.41. The monoisotopic (exact) mass is 448 g/mol. The molecule has 0 amide bonds. The molecule has 0 spiro atoms. The van der Waals surface area contributed by atoms with E-state index in [9.17, 15) is 5.11 Å². The molecule has 5 rings (SSSR count). The minimum atomic E-state index is -0.283. The second-order valence-electron chi connectivity index (χ2n) is 8.26. The normalized spacial score (nSPS) is 17.9. The zero-order valence-electron chi connectivity index (χ0n) is 17.6. The van der Waals surface area contributed by atoms with E-state index >= 15 is 0 Å². The highest BCUT2D eigenvalue weighted by atomic mass is 35.5. The first-order chi connectivity index (χ1) is 15.2. The predicted molar refractivity (Wildman–Crippen MR) is 126 cm³/mol. The van der Waals surface area contributed by atoms with Gasteiger partial charge in [-0.05, 0) is 73.6 Å². The lowest BCUT2D eigenvalue weighted by Gasteiger charge is -2.31. The van der Waals surface area contributed by atoms with E-state index in [1.54, 1.807) is 18.3 Å². The van der Waals surface area contributed by atoms with Gasteiger partial charge >= 0.3 is 0 Å². The van der Waals surface area contributed by atoms with Gasteiger partial charge in [-0.15, -0.1) is 12.4 Å². The molecule has 2 aliphatic rings. The third kappa shape index (κ3) is 4.98. The number of rotatable bonds is 5. The quantitative estimate of drug-likeness (QED) is 0.596. The number of nitrogens with zero attached hydrogens (tertiary/aromatic N) is 5. The molecular formula is C24H25ClN6O. The van der Waals surface area contributed by atoms with Gasteiger partial charge in [0, 0.05) is 31.0 Å². The van der Waals surface area contributed by atoms with Crippen LogP contribution in [-0.2, 0) is 0 Å². The van der Waals surface area contributed by atoms with Crippen molar-refractivity contribution in [2.24, 2.45) is 0 Å². The van der Waals surface area contributed by atoms with Crippen LogP contribution < -0.4 is 10.2 Å². The van der Waals surface area contributed by atoms with Gasteiger partial charge in [0.15, 0.2) is 0 Å². The molecular weight excluding hydrogens is 424 g/mol. The molecule has 4 heterocycles. The van der Waals surface area contributed by atoms with Gasteiger partial charge in [0.1, 0.15) is 17.5 Å². The summed E-state index contributed by atoms with van der Waals surface area (Å²) in [6, 6.07) is 13.8. The minimum Gasteiger partial charge on any atom is -0.391 e. The van der Waals surface area contributed by atoms with Crippen molar-refractivity contribution < 1.29 is 5.11 Å². The van der Waals surface area contributed by atoms with Crippen LogP contribution in [0, 0.1) is 11.3 Å². The van der Waals surface area contributed by atoms with Crippen LogP contribution in [0.5, 0.6) is 0 Å². The highest BCUT2D eigenvalue weighted by Crippen LogP contribution is 2.42. The van der Waals surface area contributed by atoms with Crippen LogP contribution in [0.3, 0.4) is 0 Å². The number of hydrogen-bond donors (Lipinski definition) is 2. The molecule has 1 saturated carbocycles. The van der Waals surface area contributed by atoms with Crippen molar-refractivity contribution in [1.82, 2.24) is 15.0 Å². The molecule has 1 aliphatic heterocycles. The maximum atomic E-state index is 9.94. The first-order valence-corrected chi connectivity index (χ1v) is 10.7. The standard InChI is InChI=1S/C24H24N6O.ClH/c25-13-16-7-8-26-22(10-16)29-23-12-19(17-3-4-17)11-21(28-23)18-5-6-24(27-14-18)30-9-1-2-20(31)15-30;/h5-8,10-12,14,17,20,31H,1-4,9,15H2,(H,26,28,29);1H/t20-;/m1./s1. The third-order valence-corrected chi connectivity index (χ3v) is 5.81. The van der Waals surface area contributed by atoms with Gasteiger partial charge in [-0.2, -0.15) is 5.26 Å². The Labute approximate surface area is 193 Å². The first-order valence-electron chi connectivity index (χ1n) is 10.7.